The van der Waals surface area contributed by atoms with E-state index in [4.69, 9.17) is 10.5 Å². The van der Waals surface area contributed by atoms with Crippen LogP contribution in [0.4, 0.5) is 0 Å². The lowest BCUT2D eigenvalue weighted by Crippen LogP contribution is -2.32. The molecular formula is C16H20N2O3. The number of rotatable bonds is 5. The summed E-state index contributed by atoms with van der Waals surface area (Å²) >= 11 is 0. The molecular weight excluding hydrogens is 268 g/mol. The van der Waals surface area contributed by atoms with Gasteiger partial charge in [0, 0.05) is 11.6 Å². The molecule has 3 unspecified atom stereocenters. The molecule has 1 heterocycles. The van der Waals surface area contributed by atoms with E-state index in [9.17, 15) is 9.59 Å². The molecule has 0 spiro atoms. The average Bonchev–Trinajstić information content (AvgIpc) is 3.21. The molecule has 1 aromatic carbocycles. The fourth-order valence-electron chi connectivity index (χ4n) is 2.88. The lowest BCUT2D eigenvalue weighted by Gasteiger charge is -2.20. The van der Waals surface area contributed by atoms with Gasteiger partial charge >= 0.3 is 0 Å². The number of benzene rings is 1. The number of nitrogens with zero attached hydrogens (tertiary/aromatic N) is 1. The van der Waals surface area contributed by atoms with Crippen molar-refractivity contribution < 1.29 is 14.3 Å². The van der Waals surface area contributed by atoms with Crippen molar-refractivity contribution in [1.82, 2.24) is 4.90 Å². The van der Waals surface area contributed by atoms with Crippen LogP contribution in [0.25, 0.3) is 0 Å². The van der Waals surface area contributed by atoms with Gasteiger partial charge in [-0.3, -0.25) is 14.5 Å². The first-order valence-corrected chi connectivity index (χ1v) is 7.39. The average molecular weight is 288 g/mol. The number of likely N-dealkylation sites (tertiary alicyclic amines) is 1. The number of carbonyl (C=O) groups excluding carboxylic acids is 2. The minimum Gasteiger partial charge on any atom is -0.494 e. The molecule has 5 nitrogen and oxygen atoms in total. The number of nitrogens with two attached hydrogens (primary N) is 1. The highest BCUT2D eigenvalue weighted by atomic mass is 16.5. The first kappa shape index (κ1) is 14.1. The van der Waals surface area contributed by atoms with Crippen LogP contribution in [0, 0.1) is 11.8 Å². The van der Waals surface area contributed by atoms with Gasteiger partial charge in [-0.05, 0) is 38.0 Å². The van der Waals surface area contributed by atoms with Crippen LogP contribution in [0.15, 0.2) is 18.2 Å². The van der Waals surface area contributed by atoms with Crippen molar-refractivity contribution >= 4 is 11.8 Å². The maximum absolute atomic E-state index is 12.1. The smallest absolute Gasteiger partial charge is 0.233 e. The van der Waals surface area contributed by atoms with Crippen molar-refractivity contribution in [1.29, 1.82) is 0 Å². The molecule has 0 radical (unpaired) electrons. The number of hydrogen-bond acceptors (Lipinski definition) is 4. The first-order chi connectivity index (χ1) is 10.0. The van der Waals surface area contributed by atoms with E-state index in [-0.39, 0.29) is 36.2 Å². The van der Waals surface area contributed by atoms with Gasteiger partial charge in [0.05, 0.1) is 25.0 Å². The zero-order valence-corrected chi connectivity index (χ0v) is 12.3. The zero-order chi connectivity index (χ0) is 15.1. The number of fused-ring (bicyclic) bond motifs is 1. The van der Waals surface area contributed by atoms with Gasteiger partial charge in [0.1, 0.15) is 5.75 Å². The summed E-state index contributed by atoms with van der Waals surface area (Å²) < 4.78 is 5.60. The van der Waals surface area contributed by atoms with Crippen molar-refractivity contribution in [2.45, 2.75) is 32.9 Å². The Hall–Kier alpha value is -1.88. The molecule has 1 aliphatic carbocycles. The summed E-state index contributed by atoms with van der Waals surface area (Å²) in [6.07, 6.45) is 0.729. The molecule has 1 aliphatic heterocycles. The molecule has 3 rings (SSSR count). The highest BCUT2D eigenvalue weighted by Crippen LogP contribution is 2.47. The Morgan fingerprint density at radius 2 is 2.00 bits per heavy atom. The van der Waals surface area contributed by atoms with E-state index in [0.29, 0.717) is 12.4 Å². The summed E-state index contributed by atoms with van der Waals surface area (Å²) in [6, 6.07) is 5.62. The molecule has 2 amide bonds. The Morgan fingerprint density at radius 3 is 2.57 bits per heavy atom. The van der Waals surface area contributed by atoms with Gasteiger partial charge in [-0.1, -0.05) is 6.07 Å². The van der Waals surface area contributed by atoms with Crippen LogP contribution in [0.2, 0.25) is 0 Å². The van der Waals surface area contributed by atoms with Gasteiger partial charge in [-0.2, -0.15) is 0 Å². The molecule has 1 aromatic rings. The van der Waals surface area contributed by atoms with E-state index in [1.807, 2.05) is 32.0 Å². The second-order valence-electron chi connectivity index (χ2n) is 5.80. The lowest BCUT2D eigenvalue weighted by atomic mass is 10.0. The summed E-state index contributed by atoms with van der Waals surface area (Å²) in [4.78, 5) is 25.5. The number of carbonyl (C=O) groups is 2. The van der Waals surface area contributed by atoms with Crippen LogP contribution in [0.3, 0.4) is 0 Å². The topological polar surface area (TPSA) is 72.6 Å². The third kappa shape index (κ3) is 2.42. The van der Waals surface area contributed by atoms with Gasteiger partial charge in [-0.25, -0.2) is 0 Å². The normalized spacial score (nSPS) is 25.0. The van der Waals surface area contributed by atoms with E-state index in [1.165, 1.54) is 4.90 Å². The van der Waals surface area contributed by atoms with Gasteiger partial charge in [0.15, 0.2) is 0 Å². The van der Waals surface area contributed by atoms with Gasteiger partial charge in [0.2, 0.25) is 11.8 Å². The SMILES string of the molecule is CCOc1ccc(C(C)N)cc1CN1C(=O)C2CC2C1=O. The second kappa shape index (κ2) is 5.15. The predicted octanol–water partition coefficient (Wildman–Crippen LogP) is 1.61. The van der Waals surface area contributed by atoms with Crippen LogP contribution >= 0.6 is 0 Å². The van der Waals surface area contributed by atoms with Crippen LogP contribution in [0.1, 0.15) is 37.4 Å². The molecule has 3 atom stereocenters. The molecule has 2 aliphatic rings. The summed E-state index contributed by atoms with van der Waals surface area (Å²) in [6.45, 7) is 4.63. The first-order valence-electron chi connectivity index (χ1n) is 7.39. The van der Waals surface area contributed by atoms with E-state index in [0.717, 1.165) is 17.5 Å². The molecule has 2 N–H and O–H groups in total. The Kier molecular flexibility index (Phi) is 3.45. The summed E-state index contributed by atoms with van der Waals surface area (Å²) in [7, 11) is 0. The summed E-state index contributed by atoms with van der Waals surface area (Å²) in [5.74, 6) is 0.495. The quantitative estimate of drug-likeness (QED) is 0.835. The van der Waals surface area contributed by atoms with Crippen molar-refractivity contribution in [2.24, 2.45) is 17.6 Å². The highest BCUT2D eigenvalue weighted by molar-refractivity contribution is 6.08. The summed E-state index contributed by atoms with van der Waals surface area (Å²) in [5.41, 5.74) is 7.72. The standard InChI is InChI=1S/C16H20N2O3/c1-3-21-14-5-4-10(9(2)17)6-11(14)8-18-15(19)12-7-13(12)16(18)20/h4-6,9,12-13H,3,7-8,17H2,1-2H3. The maximum atomic E-state index is 12.1. The minimum absolute atomic E-state index is 0.0429. The minimum atomic E-state index is -0.0992. The van der Waals surface area contributed by atoms with Crippen molar-refractivity contribution in [3.05, 3.63) is 29.3 Å². The van der Waals surface area contributed by atoms with E-state index in [2.05, 4.69) is 0 Å². The third-order valence-corrected chi connectivity index (χ3v) is 4.20. The summed E-state index contributed by atoms with van der Waals surface area (Å²) in [5, 5.41) is 0. The fraction of sp³-hybridized carbons (Fsp3) is 0.500. The Labute approximate surface area is 124 Å². The number of piperidine rings is 1. The van der Waals surface area contributed by atoms with E-state index >= 15 is 0 Å². The number of amides is 2. The van der Waals surface area contributed by atoms with Crippen LogP contribution in [0.5, 0.6) is 5.75 Å². The lowest BCUT2D eigenvalue weighted by molar-refractivity contribution is -0.142. The Balaban J connectivity index is 1.87. The molecule has 0 bridgehead atoms. The van der Waals surface area contributed by atoms with Gasteiger partial charge in [-0.15, -0.1) is 0 Å². The fourth-order valence-corrected chi connectivity index (χ4v) is 2.88. The molecule has 1 saturated heterocycles. The molecule has 5 heteroatoms. The molecule has 112 valence electrons. The molecule has 2 fully saturated rings. The van der Waals surface area contributed by atoms with Crippen LogP contribution in [-0.2, 0) is 16.1 Å². The van der Waals surface area contributed by atoms with Crippen LogP contribution in [-0.4, -0.2) is 23.3 Å². The number of ether oxygens (including phenoxy) is 1. The van der Waals surface area contributed by atoms with Crippen LogP contribution < -0.4 is 10.5 Å². The Bertz CT molecular complexity index is 577. The third-order valence-electron chi connectivity index (χ3n) is 4.20. The largest absolute Gasteiger partial charge is 0.494 e. The predicted molar refractivity (Wildman–Crippen MR) is 77.4 cm³/mol. The van der Waals surface area contributed by atoms with Crippen molar-refractivity contribution in [2.75, 3.05) is 6.61 Å². The van der Waals surface area contributed by atoms with Gasteiger partial charge < -0.3 is 10.5 Å². The molecule has 0 aromatic heterocycles. The molecule has 1 saturated carbocycles. The van der Waals surface area contributed by atoms with Crippen molar-refractivity contribution in [3.8, 4) is 5.75 Å². The van der Waals surface area contributed by atoms with Crippen molar-refractivity contribution in [3.63, 3.8) is 0 Å². The van der Waals surface area contributed by atoms with E-state index in [1.54, 1.807) is 0 Å². The van der Waals surface area contributed by atoms with Gasteiger partial charge in [0.25, 0.3) is 0 Å². The monoisotopic (exact) mass is 288 g/mol. The molecule has 21 heavy (non-hydrogen) atoms. The van der Waals surface area contributed by atoms with E-state index < -0.39 is 0 Å². The second-order valence-corrected chi connectivity index (χ2v) is 5.80. The zero-order valence-electron chi connectivity index (χ0n) is 12.3. The number of hydrogen-bond donors (Lipinski definition) is 1. The Morgan fingerprint density at radius 1 is 1.33 bits per heavy atom. The maximum Gasteiger partial charge on any atom is 0.233 e. The highest BCUT2D eigenvalue weighted by Gasteiger charge is 2.58. The number of imide groups is 1.